The molecule has 19 heavy (non-hydrogen) atoms. The molecule has 1 unspecified atom stereocenters. The molecule has 2 atom stereocenters. The van der Waals surface area contributed by atoms with Crippen molar-refractivity contribution >= 4 is 17.5 Å². The number of likely N-dealkylation sites (tertiary alicyclic amines) is 1. The molecule has 1 heterocycles. The lowest BCUT2D eigenvalue weighted by molar-refractivity contribution is -0.136. The van der Waals surface area contributed by atoms with Crippen LogP contribution in [0.15, 0.2) is 18.2 Å². The zero-order chi connectivity index (χ0) is 14.0. The molecule has 2 rings (SSSR count). The third kappa shape index (κ3) is 3.39. The molecule has 0 saturated carbocycles. The van der Waals surface area contributed by atoms with Crippen LogP contribution in [-0.2, 0) is 4.79 Å². The Morgan fingerprint density at radius 3 is 2.89 bits per heavy atom. The number of amides is 1. The summed E-state index contributed by atoms with van der Waals surface area (Å²) in [7, 11) is 0. The minimum atomic E-state index is -0.509. The normalized spacial score (nSPS) is 20.4. The van der Waals surface area contributed by atoms with Gasteiger partial charge in [-0.1, -0.05) is 11.6 Å². The van der Waals surface area contributed by atoms with Crippen LogP contribution in [-0.4, -0.2) is 36.0 Å². The highest BCUT2D eigenvalue weighted by molar-refractivity contribution is 6.30. The molecular weight excluding hydrogens is 264 g/mol. The smallest absolute Gasteiger partial charge is 0.263 e. The molecule has 104 valence electrons. The standard InChI is InChI=1S/C14H19ClN2O2/c1-9-7-11(15)3-4-13(9)19-10(2)14(18)17-6-5-12(16)8-17/h3-4,7,10,12H,5-6,8,16H2,1-2H3/t10?,12-/m1/s1. The first kappa shape index (κ1) is 14.2. The number of benzene rings is 1. The van der Waals surface area contributed by atoms with Crippen LogP contribution >= 0.6 is 11.6 Å². The Morgan fingerprint density at radius 1 is 1.58 bits per heavy atom. The zero-order valence-electron chi connectivity index (χ0n) is 11.2. The Bertz CT molecular complexity index is 479. The topological polar surface area (TPSA) is 55.6 Å². The number of carbonyl (C=O) groups excluding carboxylic acids is 1. The van der Waals surface area contributed by atoms with Crippen molar-refractivity contribution in [3.05, 3.63) is 28.8 Å². The van der Waals surface area contributed by atoms with Gasteiger partial charge in [-0.2, -0.15) is 0 Å². The maximum absolute atomic E-state index is 12.2. The Balaban J connectivity index is 2.00. The van der Waals surface area contributed by atoms with Crippen molar-refractivity contribution < 1.29 is 9.53 Å². The molecular formula is C14H19ClN2O2. The van der Waals surface area contributed by atoms with Crippen molar-refractivity contribution in [2.45, 2.75) is 32.4 Å². The first-order valence-electron chi connectivity index (χ1n) is 6.44. The van der Waals surface area contributed by atoms with Gasteiger partial charge in [-0.25, -0.2) is 0 Å². The van der Waals surface area contributed by atoms with Crippen LogP contribution in [0, 0.1) is 6.92 Å². The third-order valence-corrected chi connectivity index (χ3v) is 3.56. The second-order valence-corrected chi connectivity index (χ2v) is 5.44. The lowest BCUT2D eigenvalue weighted by atomic mass is 10.2. The fourth-order valence-electron chi connectivity index (χ4n) is 2.23. The van der Waals surface area contributed by atoms with E-state index in [0.717, 1.165) is 12.0 Å². The molecule has 0 aromatic heterocycles. The summed E-state index contributed by atoms with van der Waals surface area (Å²) in [6, 6.07) is 5.46. The van der Waals surface area contributed by atoms with Gasteiger partial charge in [0.05, 0.1) is 0 Å². The van der Waals surface area contributed by atoms with E-state index >= 15 is 0 Å². The van der Waals surface area contributed by atoms with Gasteiger partial charge in [-0.05, 0) is 44.0 Å². The number of hydrogen-bond donors (Lipinski definition) is 1. The number of nitrogens with two attached hydrogens (primary N) is 1. The van der Waals surface area contributed by atoms with Gasteiger partial charge in [0.1, 0.15) is 5.75 Å². The van der Waals surface area contributed by atoms with E-state index in [1.165, 1.54) is 0 Å². The predicted molar refractivity (Wildman–Crippen MR) is 75.5 cm³/mol. The summed E-state index contributed by atoms with van der Waals surface area (Å²) in [6.07, 6.45) is 0.350. The van der Waals surface area contributed by atoms with Crippen LogP contribution in [0.4, 0.5) is 0 Å². The minimum absolute atomic E-state index is 0.0118. The van der Waals surface area contributed by atoms with Crippen LogP contribution in [0.25, 0.3) is 0 Å². The van der Waals surface area contributed by atoms with Gasteiger partial charge in [0.25, 0.3) is 5.91 Å². The molecule has 5 heteroatoms. The van der Waals surface area contributed by atoms with Crippen LogP contribution < -0.4 is 10.5 Å². The highest BCUT2D eigenvalue weighted by Crippen LogP contribution is 2.23. The highest BCUT2D eigenvalue weighted by Gasteiger charge is 2.28. The highest BCUT2D eigenvalue weighted by atomic mass is 35.5. The Hall–Kier alpha value is -1.26. The molecule has 1 saturated heterocycles. The Labute approximate surface area is 118 Å². The number of aryl methyl sites for hydroxylation is 1. The second kappa shape index (κ2) is 5.80. The van der Waals surface area contributed by atoms with E-state index in [1.54, 1.807) is 24.0 Å². The molecule has 1 aromatic carbocycles. The minimum Gasteiger partial charge on any atom is -0.481 e. The number of rotatable bonds is 3. The van der Waals surface area contributed by atoms with Crippen molar-refractivity contribution in [2.75, 3.05) is 13.1 Å². The van der Waals surface area contributed by atoms with Crippen molar-refractivity contribution in [1.82, 2.24) is 4.90 Å². The summed E-state index contributed by atoms with van der Waals surface area (Å²) in [5.41, 5.74) is 6.73. The largest absolute Gasteiger partial charge is 0.481 e. The van der Waals surface area contributed by atoms with Crippen LogP contribution in [0.2, 0.25) is 5.02 Å². The van der Waals surface area contributed by atoms with E-state index in [1.807, 2.05) is 13.0 Å². The Morgan fingerprint density at radius 2 is 2.32 bits per heavy atom. The van der Waals surface area contributed by atoms with E-state index in [4.69, 9.17) is 22.1 Å². The average molecular weight is 283 g/mol. The molecule has 1 aromatic rings. The van der Waals surface area contributed by atoms with Crippen molar-refractivity contribution in [2.24, 2.45) is 5.73 Å². The van der Waals surface area contributed by atoms with Gasteiger partial charge < -0.3 is 15.4 Å². The molecule has 4 nitrogen and oxygen atoms in total. The predicted octanol–water partition coefficient (Wildman–Crippen LogP) is 1.98. The van der Waals surface area contributed by atoms with Gasteiger partial charge in [-0.3, -0.25) is 4.79 Å². The number of halogens is 1. The van der Waals surface area contributed by atoms with E-state index in [0.29, 0.717) is 23.9 Å². The SMILES string of the molecule is Cc1cc(Cl)ccc1OC(C)C(=O)N1CC[C@@H](N)C1. The molecule has 2 N–H and O–H groups in total. The molecule has 1 fully saturated rings. The third-order valence-electron chi connectivity index (χ3n) is 3.32. The number of hydrogen-bond acceptors (Lipinski definition) is 3. The monoisotopic (exact) mass is 282 g/mol. The Kier molecular flexibility index (Phi) is 4.32. The van der Waals surface area contributed by atoms with Gasteiger partial charge in [-0.15, -0.1) is 0 Å². The summed E-state index contributed by atoms with van der Waals surface area (Å²) in [5.74, 6) is 0.677. The summed E-state index contributed by atoms with van der Waals surface area (Å²) in [4.78, 5) is 14.0. The zero-order valence-corrected chi connectivity index (χ0v) is 12.0. The van der Waals surface area contributed by atoms with Crippen molar-refractivity contribution in [1.29, 1.82) is 0 Å². The molecule has 0 radical (unpaired) electrons. The lowest BCUT2D eigenvalue weighted by Crippen LogP contribution is -2.40. The number of ether oxygens (including phenoxy) is 1. The van der Waals surface area contributed by atoms with E-state index < -0.39 is 6.10 Å². The lowest BCUT2D eigenvalue weighted by Gasteiger charge is -2.22. The molecule has 0 spiro atoms. The van der Waals surface area contributed by atoms with Crippen molar-refractivity contribution in [3.8, 4) is 5.75 Å². The summed E-state index contributed by atoms with van der Waals surface area (Å²) in [5, 5.41) is 0.661. The first-order chi connectivity index (χ1) is 8.97. The van der Waals surface area contributed by atoms with E-state index in [-0.39, 0.29) is 11.9 Å². The van der Waals surface area contributed by atoms with E-state index in [9.17, 15) is 4.79 Å². The fraction of sp³-hybridized carbons (Fsp3) is 0.500. The van der Waals surface area contributed by atoms with Crippen molar-refractivity contribution in [3.63, 3.8) is 0 Å². The summed E-state index contributed by atoms with van der Waals surface area (Å²) < 4.78 is 5.72. The van der Waals surface area contributed by atoms with Crippen LogP contribution in [0.3, 0.4) is 0 Å². The number of carbonyl (C=O) groups is 1. The van der Waals surface area contributed by atoms with Gasteiger partial charge >= 0.3 is 0 Å². The molecule has 1 aliphatic heterocycles. The molecule has 1 amide bonds. The van der Waals surface area contributed by atoms with E-state index in [2.05, 4.69) is 0 Å². The maximum Gasteiger partial charge on any atom is 0.263 e. The van der Waals surface area contributed by atoms with Crippen LogP contribution in [0.1, 0.15) is 18.9 Å². The molecule has 0 bridgehead atoms. The average Bonchev–Trinajstić information content (AvgIpc) is 2.78. The molecule has 0 aliphatic carbocycles. The van der Waals surface area contributed by atoms with Gasteiger partial charge in [0, 0.05) is 24.2 Å². The van der Waals surface area contributed by atoms with Crippen LogP contribution in [0.5, 0.6) is 5.75 Å². The summed E-state index contributed by atoms with van der Waals surface area (Å²) in [6.45, 7) is 5.00. The molecule has 1 aliphatic rings. The summed E-state index contributed by atoms with van der Waals surface area (Å²) >= 11 is 5.89. The van der Waals surface area contributed by atoms with Gasteiger partial charge in [0.2, 0.25) is 0 Å². The maximum atomic E-state index is 12.2. The number of nitrogens with zero attached hydrogens (tertiary/aromatic N) is 1. The quantitative estimate of drug-likeness (QED) is 0.922. The fourth-order valence-corrected chi connectivity index (χ4v) is 2.46. The van der Waals surface area contributed by atoms with Gasteiger partial charge in [0.15, 0.2) is 6.10 Å². The first-order valence-corrected chi connectivity index (χ1v) is 6.82. The second-order valence-electron chi connectivity index (χ2n) is 5.00.